The van der Waals surface area contributed by atoms with Crippen molar-refractivity contribution in [1.82, 2.24) is 10.3 Å². The maximum Gasteiger partial charge on any atom is 0.238 e. The summed E-state index contributed by atoms with van der Waals surface area (Å²) in [6.45, 7) is 5.36. The molecule has 0 spiro atoms. The number of amides is 1. The van der Waals surface area contributed by atoms with Crippen molar-refractivity contribution in [3.8, 4) is 11.5 Å². The number of nitrogens with zero attached hydrogens (tertiary/aromatic N) is 1. The molecule has 1 fully saturated rings. The number of benzene rings is 1. The molecule has 1 atom stereocenters. The van der Waals surface area contributed by atoms with Crippen molar-refractivity contribution in [2.75, 3.05) is 26.8 Å². The number of likely N-dealkylation sites (tertiary alicyclic amines) is 1. The Bertz CT molecular complexity index is 536. The lowest BCUT2D eigenvalue weighted by Crippen LogP contribution is -2.44. The Morgan fingerprint density at radius 2 is 2.25 bits per heavy atom. The van der Waals surface area contributed by atoms with E-state index in [-0.39, 0.29) is 11.8 Å². The fraction of sp³-hybridized carbons (Fsp3) is 0.611. The molecule has 24 heavy (non-hydrogen) atoms. The van der Waals surface area contributed by atoms with E-state index in [2.05, 4.69) is 23.3 Å². The Labute approximate surface area is 144 Å². The molecule has 134 valence electrons. The normalized spacial score (nSPS) is 18.2. The van der Waals surface area contributed by atoms with Gasteiger partial charge >= 0.3 is 0 Å². The van der Waals surface area contributed by atoms with Crippen molar-refractivity contribution in [1.29, 1.82) is 0 Å². The van der Waals surface area contributed by atoms with E-state index < -0.39 is 0 Å². The number of unbranched alkanes of at least 4 members (excludes halogenated alkanes) is 1. The second-order valence-electron chi connectivity index (χ2n) is 6.27. The molecule has 3 N–H and O–H groups in total. The van der Waals surface area contributed by atoms with Crippen LogP contribution < -0.4 is 20.7 Å². The van der Waals surface area contributed by atoms with Crippen LogP contribution in [0, 0.1) is 5.92 Å². The first kappa shape index (κ1) is 18.5. The van der Waals surface area contributed by atoms with E-state index in [9.17, 15) is 4.79 Å². The maximum absolute atomic E-state index is 11.7. The van der Waals surface area contributed by atoms with Crippen LogP contribution in [0.4, 0.5) is 0 Å². The number of hydrogen-bond acceptors (Lipinski definition) is 5. The summed E-state index contributed by atoms with van der Waals surface area (Å²) >= 11 is 0. The van der Waals surface area contributed by atoms with Crippen LogP contribution in [0.2, 0.25) is 0 Å². The first-order valence-corrected chi connectivity index (χ1v) is 8.70. The third kappa shape index (κ3) is 5.11. The van der Waals surface area contributed by atoms with E-state index in [0.29, 0.717) is 6.61 Å². The van der Waals surface area contributed by atoms with Crippen molar-refractivity contribution in [2.45, 2.75) is 39.2 Å². The molecule has 1 saturated heterocycles. The van der Waals surface area contributed by atoms with Crippen LogP contribution >= 0.6 is 0 Å². The minimum Gasteiger partial charge on any atom is -0.493 e. The molecule has 1 aliphatic heterocycles. The summed E-state index contributed by atoms with van der Waals surface area (Å²) in [4.78, 5) is 14.0. The molecule has 0 aliphatic carbocycles. The Morgan fingerprint density at radius 3 is 2.96 bits per heavy atom. The number of hydrogen-bond donors (Lipinski definition) is 2. The zero-order valence-corrected chi connectivity index (χ0v) is 14.7. The average molecular weight is 335 g/mol. The van der Waals surface area contributed by atoms with Crippen molar-refractivity contribution in [3.63, 3.8) is 0 Å². The topological polar surface area (TPSA) is 76.8 Å². The number of rotatable bonds is 8. The van der Waals surface area contributed by atoms with Gasteiger partial charge in [-0.15, -0.1) is 0 Å². The van der Waals surface area contributed by atoms with Gasteiger partial charge in [0.15, 0.2) is 11.5 Å². The van der Waals surface area contributed by atoms with Gasteiger partial charge in [0.2, 0.25) is 5.91 Å². The smallest absolute Gasteiger partial charge is 0.238 e. The minimum atomic E-state index is -0.0723. The molecule has 0 radical (unpaired) electrons. The Morgan fingerprint density at radius 1 is 1.42 bits per heavy atom. The van der Waals surface area contributed by atoms with Crippen molar-refractivity contribution in [3.05, 3.63) is 23.8 Å². The fourth-order valence-electron chi connectivity index (χ4n) is 3.05. The standard InChI is InChI=1S/C18H29N3O3/c1-3-4-10-24-16-8-7-14(11-17(16)23-2)12-21-9-5-6-15(13-21)18(22)20-19/h7-8,11,15H,3-6,9-10,12-13,19H2,1-2H3,(H,20,22). The molecule has 0 bridgehead atoms. The molecule has 6 heteroatoms. The predicted molar refractivity (Wildman–Crippen MR) is 93.7 cm³/mol. The van der Waals surface area contributed by atoms with Crippen LogP contribution in [0.5, 0.6) is 11.5 Å². The molecule has 1 aliphatic rings. The highest BCUT2D eigenvalue weighted by molar-refractivity contribution is 5.78. The molecule has 1 amide bonds. The largest absolute Gasteiger partial charge is 0.493 e. The maximum atomic E-state index is 11.7. The third-order valence-corrected chi connectivity index (χ3v) is 4.41. The quantitative estimate of drug-likeness (QED) is 0.329. The van der Waals surface area contributed by atoms with Gasteiger partial charge in [-0.25, -0.2) is 5.84 Å². The molecule has 0 aromatic heterocycles. The van der Waals surface area contributed by atoms with Gasteiger partial charge in [-0.05, 0) is 43.5 Å². The molecule has 1 aromatic carbocycles. The highest BCUT2D eigenvalue weighted by Gasteiger charge is 2.25. The van der Waals surface area contributed by atoms with Gasteiger partial charge in [0, 0.05) is 13.1 Å². The van der Waals surface area contributed by atoms with Gasteiger partial charge < -0.3 is 9.47 Å². The lowest BCUT2D eigenvalue weighted by atomic mass is 9.97. The molecular formula is C18H29N3O3. The van der Waals surface area contributed by atoms with Crippen LogP contribution in [-0.2, 0) is 11.3 Å². The summed E-state index contributed by atoms with van der Waals surface area (Å²) in [6.07, 6.45) is 4.04. The number of piperidine rings is 1. The molecular weight excluding hydrogens is 306 g/mol. The van der Waals surface area contributed by atoms with E-state index in [1.807, 2.05) is 12.1 Å². The second-order valence-corrected chi connectivity index (χ2v) is 6.27. The summed E-state index contributed by atoms with van der Waals surface area (Å²) in [5.41, 5.74) is 3.42. The lowest BCUT2D eigenvalue weighted by Gasteiger charge is -2.31. The Hall–Kier alpha value is -1.79. The van der Waals surface area contributed by atoms with Gasteiger partial charge in [-0.1, -0.05) is 19.4 Å². The summed E-state index contributed by atoms with van der Waals surface area (Å²) in [5, 5.41) is 0. The van der Waals surface area contributed by atoms with Crippen LogP contribution in [-0.4, -0.2) is 37.6 Å². The van der Waals surface area contributed by atoms with Gasteiger partial charge in [0.25, 0.3) is 0 Å². The third-order valence-electron chi connectivity index (χ3n) is 4.41. The van der Waals surface area contributed by atoms with E-state index >= 15 is 0 Å². The fourth-order valence-corrected chi connectivity index (χ4v) is 3.05. The number of nitrogens with two attached hydrogens (primary N) is 1. The monoisotopic (exact) mass is 335 g/mol. The highest BCUT2D eigenvalue weighted by atomic mass is 16.5. The van der Waals surface area contributed by atoms with Crippen LogP contribution in [0.1, 0.15) is 38.2 Å². The predicted octanol–water partition coefficient (Wildman–Crippen LogP) is 2.08. The number of methoxy groups -OCH3 is 1. The number of carbonyl (C=O) groups excluding carboxylic acids is 1. The number of hydrazine groups is 1. The van der Waals surface area contributed by atoms with E-state index in [0.717, 1.165) is 62.4 Å². The molecule has 6 nitrogen and oxygen atoms in total. The molecule has 2 rings (SSSR count). The van der Waals surface area contributed by atoms with Crippen molar-refractivity contribution < 1.29 is 14.3 Å². The summed E-state index contributed by atoms with van der Waals surface area (Å²) in [7, 11) is 1.66. The average Bonchev–Trinajstić information content (AvgIpc) is 2.62. The number of nitrogens with one attached hydrogen (secondary N) is 1. The number of ether oxygens (including phenoxy) is 2. The van der Waals surface area contributed by atoms with Gasteiger partial charge in [-0.2, -0.15) is 0 Å². The molecule has 1 aromatic rings. The number of carbonyl (C=O) groups is 1. The minimum absolute atomic E-state index is 0.0257. The van der Waals surface area contributed by atoms with Gasteiger partial charge in [0.05, 0.1) is 19.6 Å². The van der Waals surface area contributed by atoms with Crippen molar-refractivity contribution in [2.24, 2.45) is 11.8 Å². The van der Waals surface area contributed by atoms with Gasteiger partial charge in [0.1, 0.15) is 0 Å². The molecule has 1 unspecified atom stereocenters. The SMILES string of the molecule is CCCCOc1ccc(CN2CCCC(C(=O)NN)C2)cc1OC. The van der Waals surface area contributed by atoms with Gasteiger partial charge in [-0.3, -0.25) is 15.1 Å². The second kappa shape index (κ2) is 9.49. The summed E-state index contributed by atoms with van der Waals surface area (Å²) in [5.74, 6) is 6.71. The zero-order valence-electron chi connectivity index (χ0n) is 14.7. The van der Waals surface area contributed by atoms with Crippen LogP contribution in [0.15, 0.2) is 18.2 Å². The van der Waals surface area contributed by atoms with Crippen molar-refractivity contribution >= 4 is 5.91 Å². The first-order chi connectivity index (χ1) is 11.7. The van der Waals surface area contributed by atoms with Crippen LogP contribution in [0.25, 0.3) is 0 Å². The summed E-state index contributed by atoms with van der Waals surface area (Å²) in [6, 6.07) is 6.06. The first-order valence-electron chi connectivity index (χ1n) is 8.70. The highest BCUT2D eigenvalue weighted by Crippen LogP contribution is 2.29. The van der Waals surface area contributed by atoms with E-state index in [1.54, 1.807) is 7.11 Å². The Balaban J connectivity index is 1.97. The molecule has 1 heterocycles. The molecule has 0 saturated carbocycles. The van der Waals surface area contributed by atoms with Crippen LogP contribution in [0.3, 0.4) is 0 Å². The summed E-state index contributed by atoms with van der Waals surface area (Å²) < 4.78 is 11.2. The zero-order chi connectivity index (χ0) is 17.4. The van der Waals surface area contributed by atoms with E-state index in [1.165, 1.54) is 0 Å². The van der Waals surface area contributed by atoms with E-state index in [4.69, 9.17) is 15.3 Å². The lowest BCUT2D eigenvalue weighted by molar-refractivity contribution is -0.126. The Kier molecular flexibility index (Phi) is 7.34.